The van der Waals surface area contributed by atoms with E-state index in [2.05, 4.69) is 36.4 Å². The van der Waals surface area contributed by atoms with Crippen LogP contribution in [-0.4, -0.2) is 28.8 Å². The zero-order valence-electron chi connectivity index (χ0n) is 8.77. The van der Waals surface area contributed by atoms with Crippen molar-refractivity contribution in [2.75, 3.05) is 13.6 Å². The summed E-state index contributed by atoms with van der Waals surface area (Å²) in [5.74, 6) is 0. The van der Waals surface area contributed by atoms with Crippen molar-refractivity contribution in [2.24, 2.45) is 0 Å². The highest BCUT2D eigenvalue weighted by atomic mass is 79.9. The minimum absolute atomic E-state index is 0.872. The number of nitrogens with zero attached hydrogens (tertiary/aromatic N) is 3. The lowest BCUT2D eigenvalue weighted by Crippen LogP contribution is -2.09. The van der Waals surface area contributed by atoms with E-state index in [-0.39, 0.29) is 0 Å². The van der Waals surface area contributed by atoms with Crippen LogP contribution in [0.1, 0.15) is 5.01 Å². The predicted octanol–water partition coefficient (Wildman–Crippen LogP) is 2.12. The number of hydrogen-bond donors (Lipinski definition) is 1. The van der Waals surface area contributed by atoms with Gasteiger partial charge in [0.25, 0.3) is 0 Å². The summed E-state index contributed by atoms with van der Waals surface area (Å²) < 4.78 is 0.969. The maximum absolute atomic E-state index is 4.29. The lowest BCUT2D eigenvalue weighted by atomic mass is 10.4. The number of pyridine rings is 1. The molecule has 16 heavy (non-hydrogen) atoms. The molecule has 2 rings (SSSR count). The molecule has 6 heteroatoms. The molecule has 0 amide bonds. The molecule has 0 unspecified atom stereocenters. The highest BCUT2D eigenvalue weighted by Gasteiger charge is 2.07. The molecule has 0 fully saturated rings. The van der Waals surface area contributed by atoms with Crippen LogP contribution in [0.5, 0.6) is 0 Å². The molecule has 0 saturated carbocycles. The average Bonchev–Trinajstić information content (AvgIpc) is 2.76. The van der Waals surface area contributed by atoms with Gasteiger partial charge in [0.2, 0.25) is 0 Å². The lowest BCUT2D eigenvalue weighted by molar-refractivity contribution is 0.779. The second-order valence-electron chi connectivity index (χ2n) is 3.22. The van der Waals surface area contributed by atoms with Crippen molar-refractivity contribution in [3.63, 3.8) is 0 Å². The van der Waals surface area contributed by atoms with Crippen molar-refractivity contribution < 1.29 is 0 Å². The van der Waals surface area contributed by atoms with Crippen molar-refractivity contribution in [1.82, 2.24) is 20.5 Å². The van der Waals surface area contributed by atoms with Gasteiger partial charge in [-0.05, 0) is 35.1 Å². The molecule has 0 saturated heterocycles. The van der Waals surface area contributed by atoms with Crippen LogP contribution in [0.3, 0.4) is 0 Å². The molecule has 0 bridgehead atoms. The highest BCUT2D eigenvalue weighted by molar-refractivity contribution is 9.10. The number of likely N-dealkylation sites (N-methyl/N-ethyl adjacent to an activating group) is 1. The number of rotatable bonds is 4. The average molecular weight is 299 g/mol. The van der Waals surface area contributed by atoms with Gasteiger partial charge in [-0.15, -0.1) is 10.2 Å². The van der Waals surface area contributed by atoms with Crippen LogP contribution in [0.15, 0.2) is 22.8 Å². The molecule has 2 aromatic rings. The quantitative estimate of drug-likeness (QED) is 0.939. The molecule has 0 atom stereocenters. The van der Waals surface area contributed by atoms with Crippen molar-refractivity contribution in [1.29, 1.82) is 0 Å². The summed E-state index contributed by atoms with van der Waals surface area (Å²) >= 11 is 4.95. The topological polar surface area (TPSA) is 50.7 Å². The van der Waals surface area contributed by atoms with E-state index in [0.29, 0.717) is 0 Å². The van der Waals surface area contributed by atoms with Crippen LogP contribution >= 0.6 is 27.3 Å². The van der Waals surface area contributed by atoms with Crippen molar-refractivity contribution >= 4 is 27.3 Å². The van der Waals surface area contributed by atoms with Gasteiger partial charge in [-0.2, -0.15) is 0 Å². The van der Waals surface area contributed by atoms with Gasteiger partial charge in [0.15, 0.2) is 5.01 Å². The predicted molar refractivity (Wildman–Crippen MR) is 68.5 cm³/mol. The van der Waals surface area contributed by atoms with E-state index in [4.69, 9.17) is 0 Å². The first kappa shape index (κ1) is 11.6. The second-order valence-corrected chi connectivity index (χ2v) is 5.19. The summed E-state index contributed by atoms with van der Waals surface area (Å²) in [4.78, 5) is 4.29. The SMILES string of the molecule is CNCCc1nnc(-c2ccc(Br)cn2)s1. The summed E-state index contributed by atoms with van der Waals surface area (Å²) in [6, 6.07) is 3.89. The molecular formula is C10H11BrN4S. The Labute approximate surface area is 106 Å². The molecule has 0 aliphatic heterocycles. The molecule has 0 aliphatic carbocycles. The molecule has 2 heterocycles. The summed E-state index contributed by atoms with van der Waals surface area (Å²) in [6.07, 6.45) is 2.68. The third-order valence-electron chi connectivity index (χ3n) is 2.00. The third kappa shape index (κ3) is 2.84. The Morgan fingerprint density at radius 2 is 2.25 bits per heavy atom. The van der Waals surface area contributed by atoms with Gasteiger partial charge in [0, 0.05) is 23.6 Å². The first-order valence-electron chi connectivity index (χ1n) is 4.88. The molecule has 0 radical (unpaired) electrons. The van der Waals surface area contributed by atoms with Crippen molar-refractivity contribution in [2.45, 2.75) is 6.42 Å². The summed E-state index contributed by atoms with van der Waals surface area (Å²) in [5.41, 5.74) is 0.872. The second kappa shape index (κ2) is 5.47. The Bertz CT molecular complexity index is 454. The summed E-state index contributed by atoms with van der Waals surface area (Å²) in [5, 5.41) is 13.3. The number of aromatic nitrogens is 3. The Morgan fingerprint density at radius 1 is 1.38 bits per heavy atom. The van der Waals surface area contributed by atoms with Gasteiger partial charge in [-0.3, -0.25) is 4.98 Å². The van der Waals surface area contributed by atoms with Crippen molar-refractivity contribution in [3.05, 3.63) is 27.8 Å². The maximum atomic E-state index is 4.29. The third-order valence-corrected chi connectivity index (χ3v) is 3.48. The maximum Gasteiger partial charge on any atom is 0.166 e. The van der Waals surface area contributed by atoms with Crippen LogP contribution in [0.25, 0.3) is 10.7 Å². The van der Waals surface area contributed by atoms with Gasteiger partial charge in [0.05, 0.1) is 0 Å². The van der Waals surface area contributed by atoms with Crippen LogP contribution < -0.4 is 5.32 Å². The van der Waals surface area contributed by atoms with Gasteiger partial charge in [0.1, 0.15) is 10.7 Å². The Hall–Kier alpha value is -0.850. The van der Waals surface area contributed by atoms with Gasteiger partial charge < -0.3 is 5.32 Å². The zero-order valence-corrected chi connectivity index (χ0v) is 11.2. The largest absolute Gasteiger partial charge is 0.319 e. The molecular weight excluding hydrogens is 288 g/mol. The van der Waals surface area contributed by atoms with Crippen LogP contribution in [0.2, 0.25) is 0 Å². The smallest absolute Gasteiger partial charge is 0.166 e. The molecule has 0 aliphatic rings. The van der Waals surface area contributed by atoms with E-state index in [1.807, 2.05) is 19.2 Å². The Kier molecular flexibility index (Phi) is 3.98. The van der Waals surface area contributed by atoms with Crippen molar-refractivity contribution in [3.8, 4) is 10.7 Å². The lowest BCUT2D eigenvalue weighted by Gasteiger charge is -1.94. The van der Waals surface area contributed by atoms with Crippen LogP contribution in [0.4, 0.5) is 0 Å². The summed E-state index contributed by atoms with van der Waals surface area (Å²) in [6.45, 7) is 0.919. The van der Waals surface area contributed by atoms with E-state index in [9.17, 15) is 0 Å². The Balaban J connectivity index is 2.15. The number of halogens is 1. The molecule has 1 N–H and O–H groups in total. The standard InChI is InChI=1S/C10H11BrN4S/c1-12-5-4-9-14-15-10(16-9)8-3-2-7(11)6-13-8/h2-3,6,12H,4-5H2,1H3. The fourth-order valence-electron chi connectivity index (χ4n) is 1.19. The number of hydrogen-bond acceptors (Lipinski definition) is 5. The minimum Gasteiger partial charge on any atom is -0.319 e. The van der Waals surface area contributed by atoms with Gasteiger partial charge in [-0.1, -0.05) is 11.3 Å². The fourth-order valence-corrected chi connectivity index (χ4v) is 2.24. The van der Waals surface area contributed by atoms with E-state index >= 15 is 0 Å². The van der Waals surface area contributed by atoms with Crippen LogP contribution in [0, 0.1) is 0 Å². The van der Waals surface area contributed by atoms with Gasteiger partial charge in [-0.25, -0.2) is 0 Å². The van der Waals surface area contributed by atoms with E-state index in [1.165, 1.54) is 0 Å². The van der Waals surface area contributed by atoms with E-state index in [0.717, 1.165) is 33.1 Å². The van der Waals surface area contributed by atoms with E-state index in [1.54, 1.807) is 17.5 Å². The monoisotopic (exact) mass is 298 g/mol. The first-order chi connectivity index (χ1) is 7.79. The molecule has 84 valence electrons. The minimum atomic E-state index is 0.872. The summed E-state index contributed by atoms with van der Waals surface area (Å²) in [7, 11) is 1.93. The van der Waals surface area contributed by atoms with E-state index < -0.39 is 0 Å². The van der Waals surface area contributed by atoms with Crippen LogP contribution in [-0.2, 0) is 6.42 Å². The van der Waals surface area contributed by atoms with Gasteiger partial charge >= 0.3 is 0 Å². The zero-order chi connectivity index (χ0) is 11.4. The normalized spacial score (nSPS) is 10.6. The molecule has 4 nitrogen and oxygen atoms in total. The first-order valence-corrected chi connectivity index (χ1v) is 6.49. The molecule has 2 aromatic heterocycles. The molecule has 0 aromatic carbocycles. The molecule has 0 spiro atoms. The fraction of sp³-hybridized carbons (Fsp3) is 0.300. The highest BCUT2D eigenvalue weighted by Crippen LogP contribution is 2.22. The number of nitrogens with one attached hydrogen (secondary N) is 1. The Morgan fingerprint density at radius 3 is 2.94 bits per heavy atom.